The fraction of sp³-hybridized carbons (Fsp3) is 0.611. The predicted molar refractivity (Wildman–Crippen MR) is 90.6 cm³/mol. The molecule has 1 aromatic carbocycles. The molecule has 1 aromatic rings. The van der Waals surface area contributed by atoms with Gasteiger partial charge in [-0.15, -0.1) is 0 Å². The van der Waals surface area contributed by atoms with Gasteiger partial charge in [-0.25, -0.2) is 4.79 Å². The Labute approximate surface area is 138 Å². The molecule has 128 valence electrons. The molecule has 1 fully saturated rings. The lowest BCUT2D eigenvalue weighted by atomic mass is 10.0. The molecular formula is C18H28N2O3. The second-order valence-corrected chi connectivity index (χ2v) is 6.36. The molecule has 23 heavy (non-hydrogen) atoms. The highest BCUT2D eigenvalue weighted by molar-refractivity contribution is 5.74. The van der Waals surface area contributed by atoms with Crippen molar-refractivity contribution in [3.8, 4) is 0 Å². The number of carbonyl (C=O) groups excluding carboxylic acids is 1. The van der Waals surface area contributed by atoms with Crippen molar-refractivity contribution in [2.45, 2.75) is 45.8 Å². The van der Waals surface area contributed by atoms with Crippen molar-refractivity contribution in [2.24, 2.45) is 0 Å². The average molecular weight is 320 g/mol. The maximum atomic E-state index is 12.4. The van der Waals surface area contributed by atoms with Crippen molar-refractivity contribution >= 4 is 6.03 Å². The quantitative estimate of drug-likeness (QED) is 0.872. The number of amides is 2. The fourth-order valence-electron chi connectivity index (χ4n) is 3.15. The van der Waals surface area contributed by atoms with Gasteiger partial charge in [-0.1, -0.05) is 18.2 Å². The summed E-state index contributed by atoms with van der Waals surface area (Å²) in [5, 5.41) is 12.6. The van der Waals surface area contributed by atoms with Crippen LogP contribution in [0.25, 0.3) is 0 Å². The molecule has 1 aliphatic rings. The first-order valence-electron chi connectivity index (χ1n) is 8.34. The van der Waals surface area contributed by atoms with Crippen LogP contribution in [0.1, 0.15) is 30.0 Å². The topological polar surface area (TPSA) is 61.8 Å². The lowest BCUT2D eigenvalue weighted by molar-refractivity contribution is -0.00425. The molecule has 0 radical (unpaired) electrons. The summed E-state index contributed by atoms with van der Waals surface area (Å²) < 4.78 is 5.44. The number of nitrogens with zero attached hydrogens (tertiary/aromatic N) is 1. The average Bonchev–Trinajstić information content (AvgIpc) is 2.50. The van der Waals surface area contributed by atoms with Crippen LogP contribution < -0.4 is 5.32 Å². The number of aryl methyl sites for hydroxylation is 2. The number of carbonyl (C=O) groups is 1. The zero-order valence-electron chi connectivity index (χ0n) is 14.3. The molecule has 5 nitrogen and oxygen atoms in total. The predicted octanol–water partition coefficient (Wildman–Crippen LogP) is 2.03. The van der Waals surface area contributed by atoms with E-state index in [4.69, 9.17) is 4.74 Å². The van der Waals surface area contributed by atoms with Gasteiger partial charge in [-0.3, -0.25) is 0 Å². The normalized spacial score (nSPS) is 19.5. The summed E-state index contributed by atoms with van der Waals surface area (Å²) in [6, 6.07) is 6.14. The largest absolute Gasteiger partial charge is 0.393 e. The van der Waals surface area contributed by atoms with Gasteiger partial charge in [0.2, 0.25) is 0 Å². The van der Waals surface area contributed by atoms with E-state index in [9.17, 15) is 9.90 Å². The van der Waals surface area contributed by atoms with Gasteiger partial charge in [0.05, 0.1) is 25.4 Å². The van der Waals surface area contributed by atoms with Gasteiger partial charge in [0.15, 0.2) is 0 Å². The number of aliphatic hydroxyl groups excluding tert-OH is 1. The number of ether oxygens (including phenoxy) is 1. The van der Waals surface area contributed by atoms with Crippen molar-refractivity contribution in [1.82, 2.24) is 10.2 Å². The lowest BCUT2D eigenvalue weighted by Gasteiger charge is -2.36. The van der Waals surface area contributed by atoms with Crippen LogP contribution in [-0.4, -0.2) is 54.5 Å². The number of rotatable bonds is 5. The summed E-state index contributed by atoms with van der Waals surface area (Å²) in [5.74, 6) is 0. The Balaban J connectivity index is 1.88. The molecular weight excluding hydrogens is 292 g/mol. The van der Waals surface area contributed by atoms with Gasteiger partial charge in [0.1, 0.15) is 0 Å². The molecule has 1 aliphatic heterocycles. The summed E-state index contributed by atoms with van der Waals surface area (Å²) in [6.07, 6.45) is 0.937. The second-order valence-electron chi connectivity index (χ2n) is 6.36. The molecule has 0 aliphatic carbocycles. The lowest BCUT2D eigenvalue weighted by Crippen LogP contribution is -2.53. The van der Waals surface area contributed by atoms with Crippen LogP contribution in [0.3, 0.4) is 0 Å². The Morgan fingerprint density at radius 2 is 2.13 bits per heavy atom. The standard InChI is InChI=1S/C18H28N2O3/c1-13-5-4-6-14(2)17(13)7-8-19-18(22)20-9-10-23-12-16(20)11-15(3)21/h4-6,15-16,21H,7-12H2,1-3H3,(H,19,22)/t15-,16+/m0/s1. The van der Waals surface area contributed by atoms with E-state index in [2.05, 4.69) is 37.4 Å². The van der Waals surface area contributed by atoms with Crippen LogP contribution in [0.2, 0.25) is 0 Å². The molecule has 0 aromatic heterocycles. The van der Waals surface area contributed by atoms with Crippen LogP contribution in [0.4, 0.5) is 4.79 Å². The van der Waals surface area contributed by atoms with Crippen LogP contribution in [0.15, 0.2) is 18.2 Å². The van der Waals surface area contributed by atoms with Gasteiger partial charge in [-0.2, -0.15) is 0 Å². The molecule has 0 unspecified atom stereocenters. The number of nitrogens with one attached hydrogen (secondary N) is 1. The minimum absolute atomic E-state index is 0.0519. The monoisotopic (exact) mass is 320 g/mol. The number of morpholine rings is 1. The first kappa shape index (κ1) is 17.8. The Hall–Kier alpha value is -1.59. The third-order valence-electron chi connectivity index (χ3n) is 4.40. The van der Waals surface area contributed by atoms with Crippen molar-refractivity contribution in [3.05, 3.63) is 34.9 Å². The number of aliphatic hydroxyl groups is 1. The van der Waals surface area contributed by atoms with E-state index in [1.807, 2.05) is 0 Å². The Morgan fingerprint density at radius 3 is 2.78 bits per heavy atom. The van der Waals surface area contributed by atoms with Crippen molar-refractivity contribution < 1.29 is 14.6 Å². The molecule has 0 saturated carbocycles. The number of benzene rings is 1. The van der Waals surface area contributed by atoms with Gasteiger partial charge in [0, 0.05) is 13.1 Å². The highest BCUT2D eigenvalue weighted by Gasteiger charge is 2.28. The first-order chi connectivity index (χ1) is 11.0. The molecule has 5 heteroatoms. The maximum Gasteiger partial charge on any atom is 0.317 e. The van der Waals surface area contributed by atoms with Crippen molar-refractivity contribution in [2.75, 3.05) is 26.3 Å². The number of hydrogen-bond acceptors (Lipinski definition) is 3. The third-order valence-corrected chi connectivity index (χ3v) is 4.40. The third kappa shape index (κ3) is 4.94. The molecule has 1 saturated heterocycles. The van der Waals surface area contributed by atoms with Crippen molar-refractivity contribution in [1.29, 1.82) is 0 Å². The molecule has 2 amide bonds. The highest BCUT2D eigenvalue weighted by atomic mass is 16.5. The van der Waals surface area contributed by atoms with E-state index in [1.165, 1.54) is 16.7 Å². The first-order valence-corrected chi connectivity index (χ1v) is 8.34. The zero-order chi connectivity index (χ0) is 16.8. The van der Waals surface area contributed by atoms with E-state index in [1.54, 1.807) is 11.8 Å². The maximum absolute atomic E-state index is 12.4. The summed E-state index contributed by atoms with van der Waals surface area (Å²) in [6.45, 7) is 8.19. The Morgan fingerprint density at radius 1 is 1.43 bits per heavy atom. The Kier molecular flexibility index (Phi) is 6.42. The van der Waals surface area contributed by atoms with Gasteiger partial charge < -0.3 is 20.1 Å². The molecule has 2 rings (SSSR count). The van der Waals surface area contributed by atoms with E-state index in [-0.39, 0.29) is 12.1 Å². The van der Waals surface area contributed by atoms with Gasteiger partial charge in [0.25, 0.3) is 0 Å². The van der Waals surface area contributed by atoms with E-state index < -0.39 is 6.10 Å². The summed E-state index contributed by atoms with van der Waals surface area (Å²) >= 11 is 0. The van der Waals surface area contributed by atoms with Crippen LogP contribution in [0.5, 0.6) is 0 Å². The highest BCUT2D eigenvalue weighted by Crippen LogP contribution is 2.15. The molecule has 2 atom stereocenters. The fourth-order valence-corrected chi connectivity index (χ4v) is 3.15. The second kappa shape index (κ2) is 8.31. The van der Waals surface area contributed by atoms with Crippen LogP contribution >= 0.6 is 0 Å². The number of urea groups is 1. The van der Waals surface area contributed by atoms with Gasteiger partial charge >= 0.3 is 6.03 Å². The van der Waals surface area contributed by atoms with E-state index >= 15 is 0 Å². The van der Waals surface area contributed by atoms with Gasteiger partial charge in [-0.05, 0) is 50.3 Å². The van der Waals surface area contributed by atoms with Crippen molar-refractivity contribution in [3.63, 3.8) is 0 Å². The minimum Gasteiger partial charge on any atom is -0.393 e. The van der Waals surface area contributed by atoms with E-state index in [0.29, 0.717) is 32.7 Å². The smallest absolute Gasteiger partial charge is 0.317 e. The molecule has 2 N–H and O–H groups in total. The summed E-state index contributed by atoms with van der Waals surface area (Å²) in [7, 11) is 0. The number of hydrogen-bond donors (Lipinski definition) is 2. The minimum atomic E-state index is -0.438. The van der Waals surface area contributed by atoms with Crippen LogP contribution in [-0.2, 0) is 11.2 Å². The molecule has 0 spiro atoms. The Bertz CT molecular complexity index is 511. The zero-order valence-corrected chi connectivity index (χ0v) is 14.3. The summed E-state index contributed by atoms with van der Waals surface area (Å²) in [4.78, 5) is 14.2. The SMILES string of the molecule is Cc1cccc(C)c1CCNC(=O)N1CCOC[C@H]1C[C@H](C)O. The molecule has 0 bridgehead atoms. The molecule has 1 heterocycles. The summed E-state index contributed by atoms with van der Waals surface area (Å²) in [5.41, 5.74) is 3.82. The van der Waals surface area contributed by atoms with E-state index in [0.717, 1.165) is 6.42 Å². The van der Waals surface area contributed by atoms with Crippen LogP contribution in [0, 0.1) is 13.8 Å².